The smallest absolute Gasteiger partial charge is 0.497 e. The molecule has 16 nitrogen and oxygen atoms in total. The van der Waals surface area contributed by atoms with Crippen LogP contribution in [-0.4, -0.2) is 98.2 Å². The zero-order valence-electron chi connectivity index (χ0n) is 34.0. The predicted molar refractivity (Wildman–Crippen MR) is 216 cm³/mol. The molecule has 0 radical (unpaired) electrons. The minimum atomic E-state index is -1.87. The molecule has 1 heterocycles. The monoisotopic (exact) mass is 830 g/mol. The first kappa shape index (κ1) is 44.9. The number of amides is 3. The molecule has 3 aromatic carbocycles. The lowest BCUT2D eigenvalue weighted by atomic mass is 9.95. The second kappa shape index (κ2) is 23.4. The molecule has 0 spiro atoms. The van der Waals surface area contributed by atoms with Gasteiger partial charge in [0.1, 0.15) is 25.1 Å². The molecule has 1 saturated carbocycles. The van der Waals surface area contributed by atoms with Gasteiger partial charge in [0, 0.05) is 26.6 Å². The molecule has 2 fully saturated rings. The Morgan fingerprint density at radius 1 is 0.800 bits per heavy atom. The minimum absolute atomic E-state index is 0.0719. The molecule has 1 aliphatic heterocycles. The molecule has 0 bridgehead atoms. The third-order valence-electron chi connectivity index (χ3n) is 10.1. The average molecular weight is 831 g/mol. The van der Waals surface area contributed by atoms with Gasteiger partial charge in [-0.3, -0.25) is 9.59 Å². The van der Waals surface area contributed by atoms with E-state index in [1.54, 1.807) is 48.5 Å². The number of Topliss-reactive ketones (excluding diaryl/α,β-unsaturated/α-hetero) is 1. The Morgan fingerprint density at radius 2 is 1.43 bits per heavy atom. The van der Waals surface area contributed by atoms with Crippen LogP contribution in [0.1, 0.15) is 68.6 Å². The normalized spacial score (nSPS) is 16.9. The Hall–Kier alpha value is -6.16. The van der Waals surface area contributed by atoms with Gasteiger partial charge in [-0.15, -0.1) is 0 Å². The van der Waals surface area contributed by atoms with Crippen molar-refractivity contribution in [2.24, 2.45) is 0 Å². The SMILES string of the molecule is COc1ccc(CC(NC(=O)OCc2ccccc2)C(=O)C(C(=O)OC(C)OC(=O)OC2CCCCC2)N2CCNC(CCCNC(=O)OCc3ccccc3)C2=O)cc1. The Labute approximate surface area is 349 Å². The maximum Gasteiger partial charge on any atom is 0.511 e. The van der Waals surface area contributed by atoms with E-state index in [1.807, 2.05) is 36.4 Å². The van der Waals surface area contributed by atoms with Gasteiger partial charge in [0.15, 0.2) is 11.8 Å². The summed E-state index contributed by atoms with van der Waals surface area (Å²) in [5.74, 6) is -2.05. The van der Waals surface area contributed by atoms with Crippen molar-refractivity contribution in [3.8, 4) is 5.75 Å². The first-order valence-corrected chi connectivity index (χ1v) is 20.3. The van der Waals surface area contributed by atoms with Crippen LogP contribution in [0.2, 0.25) is 0 Å². The van der Waals surface area contributed by atoms with E-state index >= 15 is 0 Å². The lowest BCUT2D eigenvalue weighted by molar-refractivity contribution is -0.179. The molecule has 1 saturated heterocycles. The van der Waals surface area contributed by atoms with Crippen LogP contribution < -0.4 is 20.7 Å². The molecule has 3 aromatic rings. The number of hydrogen-bond donors (Lipinski definition) is 3. The highest BCUT2D eigenvalue weighted by Gasteiger charge is 2.45. The van der Waals surface area contributed by atoms with Crippen molar-refractivity contribution in [2.45, 2.75) is 102 Å². The number of nitrogens with zero attached hydrogens (tertiary/aromatic N) is 1. The van der Waals surface area contributed by atoms with E-state index in [0.29, 0.717) is 36.1 Å². The molecular formula is C44H54N4O12. The second-order valence-corrected chi connectivity index (χ2v) is 14.5. The van der Waals surface area contributed by atoms with E-state index in [2.05, 4.69) is 16.0 Å². The zero-order valence-corrected chi connectivity index (χ0v) is 34.0. The number of benzene rings is 3. The molecule has 4 unspecified atom stereocenters. The van der Waals surface area contributed by atoms with Gasteiger partial charge in [0.25, 0.3) is 0 Å². The van der Waals surface area contributed by atoms with Crippen LogP contribution >= 0.6 is 0 Å². The Bertz CT molecular complexity index is 1860. The van der Waals surface area contributed by atoms with Crippen LogP contribution in [0.5, 0.6) is 5.75 Å². The van der Waals surface area contributed by atoms with Crippen molar-refractivity contribution in [2.75, 3.05) is 26.7 Å². The maximum absolute atomic E-state index is 14.7. The largest absolute Gasteiger partial charge is 0.511 e. The number of hydrogen-bond acceptors (Lipinski definition) is 13. The topological polar surface area (TPSA) is 197 Å². The van der Waals surface area contributed by atoms with Crippen LogP contribution in [0.25, 0.3) is 0 Å². The molecule has 0 aromatic heterocycles. The summed E-state index contributed by atoms with van der Waals surface area (Å²) >= 11 is 0. The number of ether oxygens (including phenoxy) is 6. The summed E-state index contributed by atoms with van der Waals surface area (Å²) in [6.07, 6.45) is 0.355. The molecule has 1 aliphatic carbocycles. The quantitative estimate of drug-likeness (QED) is 0.0460. The lowest BCUT2D eigenvalue weighted by Gasteiger charge is -2.38. The van der Waals surface area contributed by atoms with Crippen molar-refractivity contribution in [3.63, 3.8) is 0 Å². The van der Waals surface area contributed by atoms with E-state index in [0.717, 1.165) is 29.7 Å². The lowest BCUT2D eigenvalue weighted by Crippen LogP contribution is -2.64. The predicted octanol–water partition coefficient (Wildman–Crippen LogP) is 5.35. The molecule has 16 heteroatoms. The number of rotatable bonds is 19. The van der Waals surface area contributed by atoms with Crippen molar-refractivity contribution >= 4 is 36.0 Å². The summed E-state index contributed by atoms with van der Waals surface area (Å²) in [6.45, 7) is 1.63. The molecule has 322 valence electrons. The van der Waals surface area contributed by atoms with Crippen molar-refractivity contribution in [1.29, 1.82) is 0 Å². The van der Waals surface area contributed by atoms with Gasteiger partial charge in [-0.1, -0.05) is 79.2 Å². The van der Waals surface area contributed by atoms with E-state index in [9.17, 15) is 28.8 Å². The Morgan fingerprint density at radius 3 is 2.07 bits per heavy atom. The van der Waals surface area contributed by atoms with Gasteiger partial charge in [0.2, 0.25) is 12.2 Å². The van der Waals surface area contributed by atoms with E-state index in [-0.39, 0.29) is 51.8 Å². The van der Waals surface area contributed by atoms with Gasteiger partial charge >= 0.3 is 24.3 Å². The average Bonchev–Trinajstić information content (AvgIpc) is 3.25. The summed E-state index contributed by atoms with van der Waals surface area (Å²) in [5, 5.41) is 8.41. The highest BCUT2D eigenvalue weighted by atomic mass is 16.8. The molecule has 60 heavy (non-hydrogen) atoms. The van der Waals surface area contributed by atoms with Gasteiger partial charge in [0.05, 0.1) is 19.2 Å². The zero-order chi connectivity index (χ0) is 42.7. The van der Waals surface area contributed by atoms with Gasteiger partial charge < -0.3 is 49.3 Å². The summed E-state index contributed by atoms with van der Waals surface area (Å²) in [5.41, 5.74) is 2.14. The Balaban J connectivity index is 1.30. The summed E-state index contributed by atoms with van der Waals surface area (Å²) in [6, 6.07) is 20.8. The van der Waals surface area contributed by atoms with Crippen LogP contribution in [0.3, 0.4) is 0 Å². The van der Waals surface area contributed by atoms with Crippen LogP contribution in [0.4, 0.5) is 14.4 Å². The highest BCUT2D eigenvalue weighted by Crippen LogP contribution is 2.22. The third kappa shape index (κ3) is 14.3. The molecule has 2 aliphatic rings. The molecule has 3 N–H and O–H groups in total. The van der Waals surface area contributed by atoms with E-state index in [1.165, 1.54) is 14.0 Å². The number of carbonyl (C=O) groups is 6. The van der Waals surface area contributed by atoms with Crippen LogP contribution in [-0.2, 0) is 57.7 Å². The molecular weight excluding hydrogens is 776 g/mol. The minimum Gasteiger partial charge on any atom is -0.497 e. The fraction of sp³-hybridized carbons (Fsp3) is 0.455. The summed E-state index contributed by atoms with van der Waals surface area (Å²) in [4.78, 5) is 82.3. The standard InChI is InChI=1S/C44H54N4O12/c1-30(59-44(54)60-35-17-10-5-11-18-35)58-41(51)38(48-26-25-45-36(40(48)50)19-12-24-46-42(52)56-28-32-13-6-3-7-14-32)39(49)37(27-31-20-22-34(55-2)23-21-31)47-43(53)57-29-33-15-8-4-9-16-33/h3-4,6-9,13-16,20-23,30,35-38,45H,5,10-12,17-19,24-29H2,1-2H3,(H,46,52)(H,47,53). The van der Waals surface area contributed by atoms with Crippen molar-refractivity contribution < 1.29 is 57.2 Å². The number of piperazine rings is 1. The summed E-state index contributed by atoms with van der Waals surface area (Å²) < 4.78 is 32.2. The first-order valence-electron chi connectivity index (χ1n) is 20.3. The number of methoxy groups -OCH3 is 1. The van der Waals surface area contributed by atoms with E-state index < -0.39 is 60.4 Å². The third-order valence-corrected chi connectivity index (χ3v) is 10.1. The van der Waals surface area contributed by atoms with Crippen molar-refractivity contribution in [3.05, 3.63) is 102 Å². The van der Waals surface area contributed by atoms with Gasteiger partial charge in [-0.05, 0) is 73.8 Å². The molecule has 5 rings (SSSR count). The number of ketones is 1. The van der Waals surface area contributed by atoms with Crippen LogP contribution in [0, 0.1) is 0 Å². The second-order valence-electron chi connectivity index (χ2n) is 14.5. The number of carbonyl (C=O) groups excluding carboxylic acids is 6. The summed E-state index contributed by atoms with van der Waals surface area (Å²) in [7, 11) is 1.51. The van der Waals surface area contributed by atoms with E-state index in [4.69, 9.17) is 28.4 Å². The Kier molecular flexibility index (Phi) is 17.6. The number of nitrogens with one attached hydrogen (secondary N) is 3. The van der Waals surface area contributed by atoms with Gasteiger partial charge in [-0.2, -0.15) is 0 Å². The fourth-order valence-electron chi connectivity index (χ4n) is 6.96. The number of alkyl carbamates (subject to hydrolysis) is 2. The number of esters is 1. The molecule has 3 amide bonds. The molecule has 4 atom stereocenters. The first-order chi connectivity index (χ1) is 29.1. The van der Waals surface area contributed by atoms with Crippen LogP contribution in [0.15, 0.2) is 84.9 Å². The van der Waals surface area contributed by atoms with Crippen molar-refractivity contribution in [1.82, 2.24) is 20.9 Å². The van der Waals surface area contributed by atoms with Gasteiger partial charge in [-0.25, -0.2) is 19.2 Å². The fourth-order valence-corrected chi connectivity index (χ4v) is 6.96. The maximum atomic E-state index is 14.7. The highest BCUT2D eigenvalue weighted by molar-refractivity contribution is 6.09.